The Balaban J connectivity index is 1.89. The van der Waals surface area contributed by atoms with Gasteiger partial charge in [0.25, 0.3) is 0 Å². The zero-order chi connectivity index (χ0) is 10.4. The average Bonchev–Trinajstić information content (AvgIpc) is 2.95. The quantitative estimate of drug-likeness (QED) is 0.624. The van der Waals surface area contributed by atoms with E-state index in [4.69, 9.17) is 5.73 Å². The Morgan fingerprint density at radius 3 is 2.93 bits per heavy atom. The van der Waals surface area contributed by atoms with Crippen molar-refractivity contribution in [2.24, 2.45) is 11.7 Å². The monoisotopic (exact) mass is 216 g/mol. The van der Waals surface area contributed by atoms with Crippen LogP contribution >= 0.6 is 11.8 Å². The third kappa shape index (κ3) is 5.50. The van der Waals surface area contributed by atoms with Crippen molar-refractivity contribution in [2.75, 3.05) is 18.1 Å². The summed E-state index contributed by atoms with van der Waals surface area (Å²) < 4.78 is 0. The van der Waals surface area contributed by atoms with Crippen molar-refractivity contribution in [3.63, 3.8) is 0 Å². The van der Waals surface area contributed by atoms with Crippen molar-refractivity contribution in [1.29, 1.82) is 0 Å². The highest BCUT2D eigenvalue weighted by Gasteiger charge is 2.22. The molecule has 1 amide bonds. The minimum Gasteiger partial charge on any atom is -0.353 e. The predicted octanol–water partition coefficient (Wildman–Crippen LogP) is 0.983. The van der Waals surface area contributed by atoms with Gasteiger partial charge in [0.15, 0.2) is 0 Å². The number of rotatable bonds is 7. The van der Waals surface area contributed by atoms with Crippen LogP contribution in [0.25, 0.3) is 0 Å². The maximum atomic E-state index is 11.3. The van der Waals surface area contributed by atoms with Gasteiger partial charge in [-0.3, -0.25) is 4.79 Å². The van der Waals surface area contributed by atoms with Crippen LogP contribution in [0.15, 0.2) is 0 Å². The van der Waals surface area contributed by atoms with Gasteiger partial charge in [0.1, 0.15) is 0 Å². The summed E-state index contributed by atoms with van der Waals surface area (Å²) in [6.45, 7) is 2.87. The largest absolute Gasteiger partial charge is 0.353 e. The molecule has 0 aromatic heterocycles. The van der Waals surface area contributed by atoms with Gasteiger partial charge in [-0.1, -0.05) is 6.92 Å². The Hall–Kier alpha value is -0.220. The van der Waals surface area contributed by atoms with E-state index in [1.807, 2.05) is 11.8 Å². The maximum absolute atomic E-state index is 11.3. The third-order valence-corrected chi connectivity index (χ3v) is 3.52. The summed E-state index contributed by atoms with van der Waals surface area (Å²) >= 11 is 1.82. The van der Waals surface area contributed by atoms with Gasteiger partial charge in [0.05, 0.1) is 0 Å². The molecule has 0 spiro atoms. The Morgan fingerprint density at radius 2 is 2.36 bits per heavy atom. The first kappa shape index (κ1) is 11.9. The molecule has 1 atom stereocenters. The number of carbonyl (C=O) groups is 1. The summed E-state index contributed by atoms with van der Waals surface area (Å²) in [5.41, 5.74) is 5.50. The molecule has 0 radical (unpaired) electrons. The van der Waals surface area contributed by atoms with Crippen LogP contribution < -0.4 is 11.1 Å². The lowest BCUT2D eigenvalue weighted by molar-refractivity contribution is -0.120. The fraction of sp³-hybridized carbons (Fsp3) is 0.900. The zero-order valence-corrected chi connectivity index (χ0v) is 9.61. The Bertz CT molecular complexity index is 183. The number of thioether (sulfide) groups is 1. The Labute approximate surface area is 90.2 Å². The molecule has 0 aromatic carbocycles. The molecule has 1 aliphatic carbocycles. The van der Waals surface area contributed by atoms with E-state index in [-0.39, 0.29) is 5.91 Å². The van der Waals surface area contributed by atoms with Crippen LogP contribution in [0.1, 0.15) is 26.2 Å². The van der Waals surface area contributed by atoms with Crippen molar-refractivity contribution >= 4 is 17.7 Å². The van der Waals surface area contributed by atoms with Crippen LogP contribution in [0, 0.1) is 5.92 Å². The Morgan fingerprint density at radius 1 is 1.64 bits per heavy atom. The second-order valence-electron chi connectivity index (χ2n) is 4.01. The van der Waals surface area contributed by atoms with Crippen LogP contribution in [-0.2, 0) is 4.79 Å². The summed E-state index contributed by atoms with van der Waals surface area (Å²) in [4.78, 5) is 11.3. The van der Waals surface area contributed by atoms with E-state index in [1.165, 1.54) is 12.8 Å². The zero-order valence-electron chi connectivity index (χ0n) is 8.79. The molecule has 3 N–H and O–H groups in total. The van der Waals surface area contributed by atoms with Crippen LogP contribution in [0.3, 0.4) is 0 Å². The smallest absolute Gasteiger partial charge is 0.221 e. The summed E-state index contributed by atoms with van der Waals surface area (Å²) in [7, 11) is 0. The molecule has 0 aliphatic heterocycles. The lowest BCUT2D eigenvalue weighted by Crippen LogP contribution is -2.25. The minimum absolute atomic E-state index is 0.209. The second-order valence-corrected chi connectivity index (χ2v) is 5.16. The number of amides is 1. The number of hydrogen-bond acceptors (Lipinski definition) is 3. The fourth-order valence-electron chi connectivity index (χ4n) is 1.04. The van der Waals surface area contributed by atoms with Crippen molar-refractivity contribution in [3.05, 3.63) is 0 Å². The van der Waals surface area contributed by atoms with Gasteiger partial charge in [0.2, 0.25) is 5.91 Å². The topological polar surface area (TPSA) is 55.1 Å². The molecular weight excluding hydrogens is 196 g/mol. The van der Waals surface area contributed by atoms with Crippen LogP contribution in [-0.4, -0.2) is 30.0 Å². The van der Waals surface area contributed by atoms with Gasteiger partial charge >= 0.3 is 0 Å². The van der Waals surface area contributed by atoms with Gasteiger partial charge in [-0.05, 0) is 31.1 Å². The van der Waals surface area contributed by atoms with Crippen LogP contribution in [0.5, 0.6) is 0 Å². The highest BCUT2D eigenvalue weighted by molar-refractivity contribution is 7.99. The number of carbonyl (C=O) groups excluding carboxylic acids is 1. The highest BCUT2D eigenvalue weighted by Crippen LogP contribution is 2.18. The molecule has 4 heteroatoms. The van der Waals surface area contributed by atoms with Crippen molar-refractivity contribution in [2.45, 2.75) is 32.2 Å². The van der Waals surface area contributed by atoms with Crippen molar-refractivity contribution in [1.82, 2.24) is 5.32 Å². The molecule has 14 heavy (non-hydrogen) atoms. The molecule has 1 unspecified atom stereocenters. The summed E-state index contributed by atoms with van der Waals surface area (Å²) in [6.07, 6.45) is 2.99. The molecule has 1 fully saturated rings. The molecule has 0 heterocycles. The summed E-state index contributed by atoms with van der Waals surface area (Å²) in [5, 5.41) is 2.98. The summed E-state index contributed by atoms with van der Waals surface area (Å²) in [6, 6.07) is 0.496. The highest BCUT2D eigenvalue weighted by atomic mass is 32.2. The number of nitrogens with one attached hydrogen (secondary N) is 1. The van der Waals surface area contributed by atoms with E-state index in [1.54, 1.807) is 0 Å². The van der Waals surface area contributed by atoms with Crippen molar-refractivity contribution < 1.29 is 4.79 Å². The van der Waals surface area contributed by atoms with E-state index in [0.717, 1.165) is 18.1 Å². The molecule has 82 valence electrons. The second kappa shape index (κ2) is 6.30. The lowest BCUT2D eigenvalue weighted by atomic mass is 10.2. The molecule has 0 bridgehead atoms. The minimum atomic E-state index is 0.209. The molecule has 1 aliphatic rings. The fourth-order valence-corrected chi connectivity index (χ4v) is 2.08. The average molecular weight is 216 g/mol. The van der Waals surface area contributed by atoms with E-state index >= 15 is 0 Å². The van der Waals surface area contributed by atoms with Gasteiger partial charge in [-0.25, -0.2) is 0 Å². The van der Waals surface area contributed by atoms with E-state index in [9.17, 15) is 4.79 Å². The molecule has 1 rings (SSSR count). The normalized spacial score (nSPS) is 17.9. The first-order chi connectivity index (χ1) is 6.72. The van der Waals surface area contributed by atoms with Crippen LogP contribution in [0.4, 0.5) is 0 Å². The molecule has 0 aromatic rings. The lowest BCUT2D eigenvalue weighted by Gasteiger charge is -2.07. The van der Waals surface area contributed by atoms with Crippen molar-refractivity contribution in [3.8, 4) is 0 Å². The predicted molar refractivity (Wildman–Crippen MR) is 61.3 cm³/mol. The van der Waals surface area contributed by atoms with Gasteiger partial charge in [0, 0.05) is 18.2 Å². The Kier molecular flexibility index (Phi) is 5.33. The standard InChI is InChI=1S/C10H20N2OS/c1-8(6-11)7-14-5-4-10(13)12-9-2-3-9/h8-9H,2-7,11H2,1H3,(H,12,13). The molecule has 0 saturated heterocycles. The SMILES string of the molecule is CC(CN)CSCCC(=O)NC1CC1. The first-order valence-electron chi connectivity index (χ1n) is 5.29. The van der Waals surface area contributed by atoms with Gasteiger partial charge in [-0.2, -0.15) is 11.8 Å². The van der Waals surface area contributed by atoms with E-state index < -0.39 is 0 Å². The molecule has 3 nitrogen and oxygen atoms in total. The van der Waals surface area contributed by atoms with Gasteiger partial charge in [-0.15, -0.1) is 0 Å². The third-order valence-electron chi connectivity index (χ3n) is 2.22. The first-order valence-corrected chi connectivity index (χ1v) is 6.45. The summed E-state index contributed by atoms with van der Waals surface area (Å²) in [5.74, 6) is 2.75. The number of nitrogens with two attached hydrogens (primary N) is 1. The molecular formula is C10H20N2OS. The van der Waals surface area contributed by atoms with Crippen LogP contribution in [0.2, 0.25) is 0 Å². The van der Waals surface area contributed by atoms with E-state index in [0.29, 0.717) is 18.4 Å². The number of hydrogen-bond donors (Lipinski definition) is 2. The van der Waals surface area contributed by atoms with E-state index in [2.05, 4.69) is 12.2 Å². The van der Waals surface area contributed by atoms with Gasteiger partial charge < -0.3 is 11.1 Å². The molecule has 1 saturated carbocycles. The maximum Gasteiger partial charge on any atom is 0.221 e.